The van der Waals surface area contributed by atoms with E-state index in [2.05, 4.69) is 15.1 Å². The summed E-state index contributed by atoms with van der Waals surface area (Å²) in [5.41, 5.74) is 7.67. The highest BCUT2D eigenvalue weighted by Gasteiger charge is 2.11. The van der Waals surface area contributed by atoms with E-state index in [1.807, 2.05) is 0 Å². The Bertz CT molecular complexity index is 612. The van der Waals surface area contributed by atoms with Gasteiger partial charge in [0.15, 0.2) is 0 Å². The number of hydrogen-bond donors (Lipinski definition) is 4. The quantitative estimate of drug-likeness (QED) is 0.244. The number of imidazole rings is 1. The summed E-state index contributed by atoms with van der Waals surface area (Å²) in [4.78, 5) is 27.1. The van der Waals surface area contributed by atoms with Gasteiger partial charge < -0.3 is 9.97 Å². The normalized spacial score (nSPS) is 10.3. The largest absolute Gasteiger partial charge is 0.380 e. The maximum atomic E-state index is 11.0. The summed E-state index contributed by atoms with van der Waals surface area (Å²) in [7, 11) is 0. The van der Waals surface area contributed by atoms with E-state index in [0.717, 1.165) is 5.01 Å². The number of amides is 2. The van der Waals surface area contributed by atoms with Crippen LogP contribution in [-0.4, -0.2) is 16.0 Å². The van der Waals surface area contributed by atoms with Crippen molar-refractivity contribution in [3.05, 3.63) is 28.7 Å². The summed E-state index contributed by atoms with van der Waals surface area (Å²) >= 11 is 0. The van der Waals surface area contributed by atoms with E-state index >= 15 is 0 Å². The second kappa shape index (κ2) is 3.59. The molecule has 2 rings (SSSR count). The molecule has 0 aliphatic rings. The summed E-state index contributed by atoms with van der Waals surface area (Å²) in [6.45, 7) is 0. The maximum absolute atomic E-state index is 11.0. The summed E-state index contributed by atoms with van der Waals surface area (Å²) in [5.74, 6) is 5.41. The third-order valence-electron chi connectivity index (χ3n) is 2.08. The molecule has 0 saturated heterocycles. The van der Waals surface area contributed by atoms with Gasteiger partial charge in [0.2, 0.25) is 0 Å². The summed E-state index contributed by atoms with van der Waals surface area (Å²) < 4.78 is 0. The topological polar surface area (TPSA) is 131 Å². The standard InChI is InChI=1S/C8H8N6O2/c9-13-8(16)14(10)4-1-2-5-6(3-4)12-7(15)11-5/h1-3,9H,10H2,(H2,11,12,15). The molecule has 0 spiro atoms. The van der Waals surface area contributed by atoms with Crippen LogP contribution in [0.3, 0.4) is 0 Å². The van der Waals surface area contributed by atoms with Crippen molar-refractivity contribution in [3.63, 3.8) is 0 Å². The first-order valence-electron chi connectivity index (χ1n) is 4.30. The predicted molar refractivity (Wildman–Crippen MR) is 56.1 cm³/mol. The van der Waals surface area contributed by atoms with Gasteiger partial charge in [-0.25, -0.2) is 20.4 Å². The number of carbonyl (C=O) groups excluding carboxylic acids is 1. The minimum Gasteiger partial charge on any atom is -0.306 e. The fraction of sp³-hybridized carbons (Fsp3) is 0. The number of benzene rings is 1. The van der Waals surface area contributed by atoms with Gasteiger partial charge in [0.1, 0.15) is 0 Å². The van der Waals surface area contributed by atoms with Gasteiger partial charge >= 0.3 is 11.7 Å². The van der Waals surface area contributed by atoms with Crippen molar-refractivity contribution in [2.24, 2.45) is 11.0 Å². The van der Waals surface area contributed by atoms with Gasteiger partial charge in [-0.15, -0.1) is 0 Å². The molecule has 8 nitrogen and oxygen atoms in total. The molecule has 5 N–H and O–H groups in total. The van der Waals surface area contributed by atoms with Gasteiger partial charge in [0.25, 0.3) is 0 Å². The SMILES string of the molecule is N=NC(=O)N(N)c1ccc2[nH]c(=O)[nH]c2c1. The molecule has 0 fully saturated rings. The molecule has 0 saturated carbocycles. The van der Waals surface area contributed by atoms with Crippen LogP contribution in [-0.2, 0) is 0 Å². The zero-order valence-corrected chi connectivity index (χ0v) is 8.02. The lowest BCUT2D eigenvalue weighted by Crippen LogP contribution is -2.34. The molecule has 0 bridgehead atoms. The van der Waals surface area contributed by atoms with Crippen LogP contribution in [0, 0.1) is 5.53 Å². The molecule has 0 radical (unpaired) electrons. The number of nitrogens with two attached hydrogens (primary N) is 1. The maximum Gasteiger partial charge on any atom is 0.380 e. The molecule has 2 amide bonds. The highest BCUT2D eigenvalue weighted by atomic mass is 16.2. The Labute approximate surface area is 88.5 Å². The lowest BCUT2D eigenvalue weighted by molar-refractivity contribution is 0.252. The minimum absolute atomic E-state index is 0.337. The van der Waals surface area contributed by atoms with Crippen LogP contribution in [0.4, 0.5) is 10.5 Å². The Hall–Kier alpha value is -2.48. The minimum atomic E-state index is -0.891. The van der Waals surface area contributed by atoms with Crippen molar-refractivity contribution in [2.45, 2.75) is 0 Å². The van der Waals surface area contributed by atoms with E-state index < -0.39 is 6.03 Å². The second-order valence-electron chi connectivity index (χ2n) is 3.07. The lowest BCUT2D eigenvalue weighted by atomic mass is 10.3. The van der Waals surface area contributed by atoms with Crippen LogP contribution in [0.1, 0.15) is 0 Å². The molecule has 0 aliphatic heterocycles. The first-order chi connectivity index (χ1) is 7.61. The molecule has 1 aromatic carbocycles. The first-order valence-corrected chi connectivity index (χ1v) is 4.30. The van der Waals surface area contributed by atoms with Crippen LogP contribution in [0.25, 0.3) is 11.0 Å². The number of H-pyrrole nitrogens is 2. The van der Waals surface area contributed by atoms with E-state index in [-0.39, 0.29) is 5.69 Å². The fourth-order valence-electron chi connectivity index (χ4n) is 1.33. The van der Waals surface area contributed by atoms with Gasteiger partial charge in [0, 0.05) is 0 Å². The van der Waals surface area contributed by atoms with Gasteiger partial charge in [-0.3, -0.25) is 0 Å². The number of fused-ring (bicyclic) bond motifs is 1. The number of nitrogens with one attached hydrogen (secondary N) is 3. The van der Waals surface area contributed by atoms with Gasteiger partial charge in [0.05, 0.1) is 16.7 Å². The van der Waals surface area contributed by atoms with E-state index in [1.54, 1.807) is 6.07 Å². The Morgan fingerprint density at radius 1 is 1.38 bits per heavy atom. The smallest absolute Gasteiger partial charge is 0.306 e. The van der Waals surface area contributed by atoms with Crippen molar-refractivity contribution in [1.29, 1.82) is 5.53 Å². The monoisotopic (exact) mass is 220 g/mol. The van der Waals surface area contributed by atoms with Crippen molar-refractivity contribution in [1.82, 2.24) is 9.97 Å². The molecular weight excluding hydrogens is 212 g/mol. The highest BCUT2D eigenvalue weighted by molar-refractivity contribution is 5.93. The van der Waals surface area contributed by atoms with Crippen LogP contribution in [0.2, 0.25) is 0 Å². The number of aromatic nitrogens is 2. The number of carbonyl (C=O) groups is 1. The van der Waals surface area contributed by atoms with Crippen molar-refractivity contribution in [3.8, 4) is 0 Å². The molecule has 0 unspecified atom stereocenters. The predicted octanol–water partition coefficient (Wildman–Crippen LogP) is 0.687. The Morgan fingerprint density at radius 2 is 2.06 bits per heavy atom. The van der Waals surface area contributed by atoms with Crippen LogP contribution in [0.5, 0.6) is 0 Å². The van der Waals surface area contributed by atoms with Gasteiger partial charge in [-0.05, 0) is 18.2 Å². The van der Waals surface area contributed by atoms with Crippen molar-refractivity contribution < 1.29 is 4.79 Å². The third-order valence-corrected chi connectivity index (χ3v) is 2.08. The summed E-state index contributed by atoms with van der Waals surface area (Å²) in [6, 6.07) is 3.75. The zero-order chi connectivity index (χ0) is 11.7. The number of nitrogens with zero attached hydrogens (tertiary/aromatic N) is 2. The molecule has 0 aliphatic carbocycles. The van der Waals surface area contributed by atoms with Gasteiger partial charge in [-0.2, -0.15) is 5.53 Å². The fourth-order valence-corrected chi connectivity index (χ4v) is 1.33. The molecule has 82 valence electrons. The molecule has 0 atom stereocenters. The van der Waals surface area contributed by atoms with Crippen LogP contribution in [0.15, 0.2) is 28.1 Å². The van der Waals surface area contributed by atoms with Crippen molar-refractivity contribution >= 4 is 22.8 Å². The van der Waals surface area contributed by atoms with E-state index in [9.17, 15) is 9.59 Å². The number of rotatable bonds is 1. The Morgan fingerprint density at radius 3 is 2.75 bits per heavy atom. The highest BCUT2D eigenvalue weighted by Crippen LogP contribution is 2.17. The number of urea groups is 1. The van der Waals surface area contributed by atoms with Crippen LogP contribution >= 0.6 is 0 Å². The molecule has 8 heteroatoms. The average Bonchev–Trinajstić information content (AvgIpc) is 2.65. The van der Waals surface area contributed by atoms with E-state index in [1.165, 1.54) is 12.1 Å². The molecule has 16 heavy (non-hydrogen) atoms. The molecule has 1 heterocycles. The Kier molecular flexibility index (Phi) is 2.25. The van der Waals surface area contributed by atoms with E-state index in [4.69, 9.17) is 11.4 Å². The van der Waals surface area contributed by atoms with Crippen LogP contribution < -0.4 is 16.5 Å². The summed E-state index contributed by atoms with van der Waals surface area (Å²) in [5, 5.41) is 3.40. The third kappa shape index (κ3) is 1.57. The lowest BCUT2D eigenvalue weighted by Gasteiger charge is -2.12. The van der Waals surface area contributed by atoms with E-state index in [0.29, 0.717) is 16.7 Å². The first kappa shape index (κ1) is 10.1. The average molecular weight is 220 g/mol. The molecular formula is C8H8N6O2. The zero-order valence-electron chi connectivity index (χ0n) is 8.02. The number of hydrazine groups is 1. The number of aromatic amines is 2. The second-order valence-corrected chi connectivity index (χ2v) is 3.07. The van der Waals surface area contributed by atoms with Crippen molar-refractivity contribution in [2.75, 3.05) is 5.01 Å². The number of anilines is 1. The summed E-state index contributed by atoms with van der Waals surface area (Å²) in [6.07, 6.45) is 0. The Balaban J connectivity index is 2.49. The van der Waals surface area contributed by atoms with Gasteiger partial charge in [-0.1, -0.05) is 5.11 Å². The number of hydrogen-bond acceptors (Lipinski definition) is 4. The molecule has 2 aromatic rings. The molecule has 1 aromatic heterocycles.